The molecule has 0 saturated heterocycles. The highest BCUT2D eigenvalue weighted by Crippen LogP contribution is 1.81. The van der Waals surface area contributed by atoms with Crippen molar-refractivity contribution in [2.45, 2.75) is 6.92 Å². The van der Waals surface area contributed by atoms with Crippen LogP contribution in [0.25, 0.3) is 0 Å². The van der Waals surface area contributed by atoms with Crippen molar-refractivity contribution in [3.8, 4) is 0 Å². The molecule has 0 radical (unpaired) electrons. The molecule has 0 aliphatic rings. The van der Waals surface area contributed by atoms with Crippen molar-refractivity contribution in [1.82, 2.24) is 0 Å². The predicted molar refractivity (Wildman–Crippen MR) is 36.1 cm³/mol. The second kappa shape index (κ2) is 5.43. The van der Waals surface area contributed by atoms with Gasteiger partial charge in [0.2, 0.25) is 0 Å². The van der Waals surface area contributed by atoms with Crippen molar-refractivity contribution in [2.75, 3.05) is 6.61 Å². The number of ether oxygens (including phenoxy) is 1. The molecule has 0 atom stereocenters. The number of carbonyl (C=O) groups is 2. The highest BCUT2D eigenvalue weighted by Gasteiger charge is 1.96. The lowest BCUT2D eigenvalue weighted by atomic mass is 10.5. The highest BCUT2D eigenvalue weighted by molar-refractivity contribution is 5.91. The maximum Gasteiger partial charge on any atom is 0.349 e. The Morgan fingerprint density at radius 3 is 2.36 bits per heavy atom. The zero-order valence-electron chi connectivity index (χ0n) is 6.07. The Bertz CT molecular complexity index is 175. The third kappa shape index (κ3) is 5.10. The SMILES string of the molecule is CCOC(=O)C=CC(=O)ON. The summed E-state index contributed by atoms with van der Waals surface area (Å²) in [5, 5.41) is 0. The van der Waals surface area contributed by atoms with Crippen LogP contribution in [0.1, 0.15) is 6.92 Å². The Kier molecular flexibility index (Phi) is 4.76. The summed E-state index contributed by atoms with van der Waals surface area (Å²) >= 11 is 0. The van der Waals surface area contributed by atoms with Gasteiger partial charge in [0.15, 0.2) is 0 Å². The summed E-state index contributed by atoms with van der Waals surface area (Å²) in [6.45, 7) is 1.92. The first-order chi connectivity index (χ1) is 5.20. The van der Waals surface area contributed by atoms with Crippen LogP contribution in [0.15, 0.2) is 12.2 Å². The first-order valence-corrected chi connectivity index (χ1v) is 2.96. The van der Waals surface area contributed by atoms with E-state index in [1.54, 1.807) is 6.92 Å². The minimum atomic E-state index is -0.793. The van der Waals surface area contributed by atoms with Crippen LogP contribution in [-0.2, 0) is 19.2 Å². The lowest BCUT2D eigenvalue weighted by molar-refractivity contribution is -0.140. The average Bonchev–Trinajstić information content (AvgIpc) is 2.01. The molecular formula is C6H9NO4. The molecule has 0 heterocycles. The van der Waals surface area contributed by atoms with Crippen LogP contribution in [0.4, 0.5) is 0 Å². The summed E-state index contributed by atoms with van der Waals surface area (Å²) in [6.07, 6.45) is 1.83. The molecule has 0 aromatic heterocycles. The van der Waals surface area contributed by atoms with Gasteiger partial charge in [0.1, 0.15) is 0 Å². The van der Waals surface area contributed by atoms with Gasteiger partial charge < -0.3 is 9.57 Å². The molecule has 0 aliphatic carbocycles. The maximum absolute atomic E-state index is 10.5. The van der Waals surface area contributed by atoms with Crippen molar-refractivity contribution < 1.29 is 19.2 Å². The molecule has 0 rings (SSSR count). The van der Waals surface area contributed by atoms with Gasteiger partial charge in [-0.05, 0) is 6.92 Å². The van der Waals surface area contributed by atoms with Gasteiger partial charge in [-0.25, -0.2) is 9.59 Å². The molecule has 0 unspecified atom stereocenters. The van der Waals surface area contributed by atoms with E-state index < -0.39 is 11.9 Å². The number of hydrogen-bond acceptors (Lipinski definition) is 5. The van der Waals surface area contributed by atoms with Crippen LogP contribution < -0.4 is 5.90 Å². The van der Waals surface area contributed by atoms with Crippen LogP contribution in [0.2, 0.25) is 0 Å². The smallest absolute Gasteiger partial charge is 0.349 e. The van der Waals surface area contributed by atoms with Gasteiger partial charge in [-0.1, -0.05) is 0 Å². The normalized spacial score (nSPS) is 9.64. The summed E-state index contributed by atoms with van der Waals surface area (Å²) in [5.41, 5.74) is 0. The Labute approximate surface area is 63.7 Å². The van der Waals surface area contributed by atoms with E-state index in [0.29, 0.717) is 0 Å². The fourth-order valence-corrected chi connectivity index (χ4v) is 0.366. The standard InChI is InChI=1S/C6H9NO4/c1-2-10-5(8)3-4-6(9)11-7/h3-4H,2,7H2,1H3. The minimum Gasteiger partial charge on any atom is -0.463 e. The molecule has 0 amide bonds. The Morgan fingerprint density at radius 2 is 1.91 bits per heavy atom. The highest BCUT2D eigenvalue weighted by atomic mass is 16.7. The van der Waals surface area contributed by atoms with Crippen LogP contribution in [0, 0.1) is 0 Å². The fourth-order valence-electron chi connectivity index (χ4n) is 0.366. The fraction of sp³-hybridized carbons (Fsp3) is 0.333. The minimum absolute atomic E-state index is 0.265. The van der Waals surface area contributed by atoms with Gasteiger partial charge in [0, 0.05) is 12.2 Å². The van der Waals surface area contributed by atoms with Gasteiger partial charge in [0.05, 0.1) is 6.61 Å². The van der Waals surface area contributed by atoms with Gasteiger partial charge in [-0.3, -0.25) is 0 Å². The molecular weight excluding hydrogens is 150 g/mol. The lowest BCUT2D eigenvalue weighted by Crippen LogP contribution is -2.07. The lowest BCUT2D eigenvalue weighted by Gasteiger charge is -1.93. The van der Waals surface area contributed by atoms with Gasteiger partial charge in [0.25, 0.3) is 0 Å². The van der Waals surface area contributed by atoms with Crippen LogP contribution in [0.3, 0.4) is 0 Å². The molecule has 62 valence electrons. The molecule has 0 aromatic carbocycles. The monoisotopic (exact) mass is 159 g/mol. The molecule has 0 saturated carbocycles. The van der Waals surface area contributed by atoms with Crippen molar-refractivity contribution in [3.05, 3.63) is 12.2 Å². The van der Waals surface area contributed by atoms with Gasteiger partial charge in [-0.15, -0.1) is 0 Å². The molecule has 2 N–H and O–H groups in total. The van der Waals surface area contributed by atoms with E-state index >= 15 is 0 Å². The summed E-state index contributed by atoms with van der Waals surface area (Å²) in [5.74, 6) is 3.09. The molecule has 0 aromatic rings. The van der Waals surface area contributed by atoms with E-state index in [9.17, 15) is 9.59 Å². The van der Waals surface area contributed by atoms with Crippen LogP contribution in [0.5, 0.6) is 0 Å². The van der Waals surface area contributed by atoms with Crippen LogP contribution >= 0.6 is 0 Å². The number of nitrogens with two attached hydrogens (primary N) is 1. The average molecular weight is 159 g/mol. The second-order valence-corrected chi connectivity index (χ2v) is 1.52. The Hall–Kier alpha value is -1.36. The molecule has 5 heteroatoms. The molecule has 5 nitrogen and oxygen atoms in total. The van der Waals surface area contributed by atoms with Crippen molar-refractivity contribution in [2.24, 2.45) is 5.90 Å². The molecule has 0 spiro atoms. The second-order valence-electron chi connectivity index (χ2n) is 1.52. The molecule has 0 aliphatic heterocycles. The molecule has 11 heavy (non-hydrogen) atoms. The first kappa shape index (κ1) is 9.64. The first-order valence-electron chi connectivity index (χ1n) is 2.96. The Morgan fingerprint density at radius 1 is 1.36 bits per heavy atom. The van der Waals surface area contributed by atoms with Gasteiger partial charge >= 0.3 is 11.9 Å². The molecule has 0 fully saturated rings. The molecule has 0 bridgehead atoms. The maximum atomic E-state index is 10.5. The summed E-state index contributed by atoms with van der Waals surface area (Å²) in [4.78, 5) is 24.5. The van der Waals surface area contributed by atoms with E-state index in [0.717, 1.165) is 12.2 Å². The largest absolute Gasteiger partial charge is 0.463 e. The topological polar surface area (TPSA) is 78.6 Å². The third-order valence-corrected chi connectivity index (χ3v) is 0.758. The quantitative estimate of drug-likeness (QED) is 0.342. The van der Waals surface area contributed by atoms with Gasteiger partial charge in [-0.2, -0.15) is 5.90 Å². The van der Waals surface area contributed by atoms with Crippen molar-refractivity contribution in [1.29, 1.82) is 0 Å². The Balaban J connectivity index is 3.73. The summed E-state index contributed by atoms with van der Waals surface area (Å²) in [6, 6.07) is 0. The zero-order chi connectivity index (χ0) is 8.69. The number of hydrogen-bond donors (Lipinski definition) is 1. The van der Waals surface area contributed by atoms with E-state index in [1.807, 2.05) is 0 Å². The number of carbonyl (C=O) groups excluding carboxylic acids is 2. The van der Waals surface area contributed by atoms with Crippen molar-refractivity contribution in [3.63, 3.8) is 0 Å². The number of rotatable bonds is 3. The summed E-state index contributed by atoms with van der Waals surface area (Å²) < 4.78 is 4.46. The van der Waals surface area contributed by atoms with E-state index in [-0.39, 0.29) is 6.61 Å². The zero-order valence-corrected chi connectivity index (χ0v) is 6.07. The van der Waals surface area contributed by atoms with Crippen LogP contribution in [-0.4, -0.2) is 18.5 Å². The van der Waals surface area contributed by atoms with E-state index in [1.165, 1.54) is 0 Å². The summed E-state index contributed by atoms with van der Waals surface area (Å²) in [7, 11) is 0. The van der Waals surface area contributed by atoms with E-state index in [2.05, 4.69) is 15.5 Å². The number of esters is 1. The third-order valence-electron chi connectivity index (χ3n) is 0.758. The van der Waals surface area contributed by atoms with Crippen molar-refractivity contribution >= 4 is 11.9 Å². The van der Waals surface area contributed by atoms with E-state index in [4.69, 9.17) is 0 Å². The predicted octanol–water partition coefficient (Wildman–Crippen LogP) is -0.477.